The van der Waals surface area contributed by atoms with E-state index in [1.165, 1.54) is 0 Å². The third-order valence-electron chi connectivity index (χ3n) is 3.32. The van der Waals surface area contributed by atoms with Gasteiger partial charge in [-0.05, 0) is 38.1 Å². The van der Waals surface area contributed by atoms with E-state index in [-0.39, 0.29) is 6.04 Å². The molecule has 27 heavy (non-hydrogen) atoms. The molecule has 2 aromatic rings. The van der Waals surface area contributed by atoms with Gasteiger partial charge in [-0.25, -0.2) is 0 Å². The number of benzene rings is 1. The monoisotopic (exact) mass is 394 g/mol. The number of halogens is 1. The Morgan fingerprint density at radius 1 is 0.963 bits per heavy atom. The minimum Gasteiger partial charge on any atom is -0.378 e. The fraction of sp³-hybridized carbons (Fsp3) is 0.500. The van der Waals surface area contributed by atoms with E-state index >= 15 is 0 Å². The van der Waals surface area contributed by atoms with Gasteiger partial charge in [0.2, 0.25) is 11.9 Å². The number of hydrogen-bond donors (Lipinski definition) is 3. The van der Waals surface area contributed by atoms with Crippen molar-refractivity contribution in [2.24, 2.45) is 5.73 Å². The van der Waals surface area contributed by atoms with Crippen molar-refractivity contribution in [1.29, 1.82) is 0 Å². The second kappa shape index (κ2) is 11.7. The number of aromatic nitrogens is 3. The molecule has 0 unspecified atom stereocenters. The first-order valence-corrected chi connectivity index (χ1v) is 9.34. The first kappa shape index (κ1) is 21.3. The molecule has 148 valence electrons. The lowest BCUT2D eigenvalue weighted by molar-refractivity contribution is 0.0547. The molecule has 8 nitrogen and oxygen atoms in total. The lowest BCUT2D eigenvalue weighted by atomic mass is 10.2. The maximum absolute atomic E-state index is 5.96. The summed E-state index contributed by atoms with van der Waals surface area (Å²) in [6, 6.07) is 7.58. The molecular formula is C18H27ClN6O2. The van der Waals surface area contributed by atoms with Crippen LogP contribution in [0.15, 0.2) is 24.3 Å². The summed E-state index contributed by atoms with van der Waals surface area (Å²) in [6.07, 6.45) is 0. The van der Waals surface area contributed by atoms with E-state index in [0.29, 0.717) is 62.3 Å². The largest absolute Gasteiger partial charge is 0.378 e. The van der Waals surface area contributed by atoms with Crippen LogP contribution in [0.5, 0.6) is 0 Å². The van der Waals surface area contributed by atoms with Gasteiger partial charge in [-0.3, -0.25) is 0 Å². The van der Waals surface area contributed by atoms with Crippen molar-refractivity contribution in [2.75, 3.05) is 50.2 Å². The molecule has 1 aromatic heterocycles. The van der Waals surface area contributed by atoms with Crippen LogP contribution in [0.1, 0.15) is 13.8 Å². The van der Waals surface area contributed by atoms with Crippen molar-refractivity contribution in [3.63, 3.8) is 0 Å². The van der Waals surface area contributed by atoms with Crippen LogP contribution >= 0.6 is 11.6 Å². The molecule has 1 heterocycles. The van der Waals surface area contributed by atoms with E-state index < -0.39 is 0 Å². The van der Waals surface area contributed by atoms with Crippen LogP contribution < -0.4 is 16.4 Å². The molecule has 0 aliphatic heterocycles. The SMILES string of the molecule is CC(C)Nc1nc(NCCOCCOCCN)nc(-c2ccc(Cl)cc2)n1. The second-order valence-corrected chi connectivity index (χ2v) is 6.49. The normalized spacial score (nSPS) is 11.0. The van der Waals surface area contributed by atoms with Crippen molar-refractivity contribution in [3.8, 4) is 11.4 Å². The van der Waals surface area contributed by atoms with Gasteiger partial charge in [-0.15, -0.1) is 0 Å². The molecular weight excluding hydrogens is 368 g/mol. The molecule has 0 bridgehead atoms. The van der Waals surface area contributed by atoms with Crippen LogP contribution in [0.2, 0.25) is 5.02 Å². The molecule has 0 saturated carbocycles. The predicted molar refractivity (Wildman–Crippen MR) is 108 cm³/mol. The van der Waals surface area contributed by atoms with Gasteiger partial charge in [-0.2, -0.15) is 15.0 Å². The molecule has 0 saturated heterocycles. The third kappa shape index (κ3) is 8.04. The summed E-state index contributed by atoms with van der Waals surface area (Å²) in [5.74, 6) is 1.58. The van der Waals surface area contributed by atoms with Gasteiger partial charge in [0.15, 0.2) is 5.82 Å². The third-order valence-corrected chi connectivity index (χ3v) is 3.57. The van der Waals surface area contributed by atoms with Gasteiger partial charge in [0.25, 0.3) is 0 Å². The maximum Gasteiger partial charge on any atom is 0.228 e. The number of nitrogens with one attached hydrogen (secondary N) is 2. The molecule has 0 amide bonds. The van der Waals surface area contributed by atoms with Crippen molar-refractivity contribution >= 4 is 23.5 Å². The Hall–Kier alpha value is -2.00. The Morgan fingerprint density at radius 3 is 2.30 bits per heavy atom. The Morgan fingerprint density at radius 2 is 1.63 bits per heavy atom. The van der Waals surface area contributed by atoms with Gasteiger partial charge in [0.05, 0.1) is 26.4 Å². The predicted octanol–water partition coefficient (Wildman–Crippen LogP) is 2.42. The van der Waals surface area contributed by atoms with Gasteiger partial charge in [-0.1, -0.05) is 11.6 Å². The quantitative estimate of drug-likeness (QED) is 0.471. The van der Waals surface area contributed by atoms with Gasteiger partial charge < -0.3 is 25.8 Å². The molecule has 2 rings (SSSR count). The highest BCUT2D eigenvalue weighted by Crippen LogP contribution is 2.20. The highest BCUT2D eigenvalue weighted by molar-refractivity contribution is 6.30. The molecule has 0 aliphatic carbocycles. The molecule has 0 fully saturated rings. The zero-order valence-corrected chi connectivity index (χ0v) is 16.5. The lowest BCUT2D eigenvalue weighted by Crippen LogP contribution is -2.18. The maximum atomic E-state index is 5.96. The molecule has 0 spiro atoms. The fourth-order valence-corrected chi connectivity index (χ4v) is 2.27. The van der Waals surface area contributed by atoms with Gasteiger partial charge >= 0.3 is 0 Å². The van der Waals surface area contributed by atoms with Crippen LogP contribution in [0, 0.1) is 0 Å². The first-order chi connectivity index (χ1) is 13.1. The van der Waals surface area contributed by atoms with E-state index in [0.717, 1.165) is 5.56 Å². The average Bonchev–Trinajstić information content (AvgIpc) is 2.64. The summed E-state index contributed by atoms with van der Waals surface area (Å²) in [5, 5.41) is 7.04. The Kier molecular flexibility index (Phi) is 9.20. The first-order valence-electron chi connectivity index (χ1n) is 8.96. The number of anilines is 2. The molecule has 9 heteroatoms. The Labute approximate surface area is 164 Å². The minimum absolute atomic E-state index is 0.204. The molecule has 0 radical (unpaired) electrons. The standard InChI is InChI=1S/C18H27ClN6O2/c1-13(2)22-18-24-16(14-3-5-15(19)6-4-14)23-17(25-18)21-8-10-27-12-11-26-9-7-20/h3-6,13H,7-12,20H2,1-2H3,(H2,21,22,23,24,25). The summed E-state index contributed by atoms with van der Waals surface area (Å²) in [6.45, 7) is 7.26. The zero-order valence-electron chi connectivity index (χ0n) is 15.7. The summed E-state index contributed by atoms with van der Waals surface area (Å²) < 4.78 is 10.7. The number of ether oxygens (including phenoxy) is 2. The minimum atomic E-state index is 0.204. The Bertz CT molecular complexity index is 684. The highest BCUT2D eigenvalue weighted by atomic mass is 35.5. The summed E-state index contributed by atoms with van der Waals surface area (Å²) in [5.41, 5.74) is 6.22. The molecule has 0 aliphatic rings. The fourth-order valence-electron chi connectivity index (χ4n) is 2.15. The Balaban J connectivity index is 1.96. The van der Waals surface area contributed by atoms with Crippen molar-refractivity contribution < 1.29 is 9.47 Å². The van der Waals surface area contributed by atoms with Crippen LogP contribution in [0.25, 0.3) is 11.4 Å². The van der Waals surface area contributed by atoms with E-state index in [9.17, 15) is 0 Å². The van der Waals surface area contributed by atoms with E-state index in [4.69, 9.17) is 26.8 Å². The average molecular weight is 395 g/mol. The molecule has 0 atom stereocenters. The van der Waals surface area contributed by atoms with Crippen LogP contribution in [-0.2, 0) is 9.47 Å². The molecule has 4 N–H and O–H groups in total. The number of hydrogen-bond acceptors (Lipinski definition) is 8. The smallest absolute Gasteiger partial charge is 0.228 e. The van der Waals surface area contributed by atoms with Crippen molar-refractivity contribution in [2.45, 2.75) is 19.9 Å². The van der Waals surface area contributed by atoms with Crippen LogP contribution in [0.4, 0.5) is 11.9 Å². The van der Waals surface area contributed by atoms with Gasteiger partial charge in [0, 0.05) is 29.7 Å². The number of nitrogens with two attached hydrogens (primary N) is 1. The van der Waals surface area contributed by atoms with Crippen LogP contribution in [0.3, 0.4) is 0 Å². The van der Waals surface area contributed by atoms with Gasteiger partial charge in [0.1, 0.15) is 0 Å². The van der Waals surface area contributed by atoms with E-state index in [1.807, 2.05) is 38.1 Å². The summed E-state index contributed by atoms with van der Waals surface area (Å²) in [4.78, 5) is 13.4. The summed E-state index contributed by atoms with van der Waals surface area (Å²) >= 11 is 5.96. The summed E-state index contributed by atoms with van der Waals surface area (Å²) in [7, 11) is 0. The second-order valence-electron chi connectivity index (χ2n) is 6.05. The number of rotatable bonds is 12. The highest BCUT2D eigenvalue weighted by Gasteiger charge is 2.09. The zero-order chi connectivity index (χ0) is 19.5. The topological polar surface area (TPSA) is 107 Å². The lowest BCUT2D eigenvalue weighted by Gasteiger charge is -2.12. The molecule has 1 aromatic carbocycles. The van der Waals surface area contributed by atoms with Crippen LogP contribution in [-0.4, -0.2) is 60.5 Å². The van der Waals surface area contributed by atoms with Crippen molar-refractivity contribution in [3.05, 3.63) is 29.3 Å². The van der Waals surface area contributed by atoms with Crippen molar-refractivity contribution in [1.82, 2.24) is 15.0 Å². The van der Waals surface area contributed by atoms with E-state index in [2.05, 4.69) is 25.6 Å². The van der Waals surface area contributed by atoms with E-state index in [1.54, 1.807) is 0 Å². The number of nitrogens with zero attached hydrogens (tertiary/aromatic N) is 3.